The molecule has 0 aromatic rings. The molecule has 0 saturated heterocycles. The summed E-state index contributed by atoms with van der Waals surface area (Å²) in [5.41, 5.74) is 5.27. The fraction of sp³-hybridized carbons (Fsp3) is 1.00. The first kappa shape index (κ1) is 12.9. The molecular weight excluding hydrogens is 162 g/mol. The summed E-state index contributed by atoms with van der Waals surface area (Å²) in [6.45, 7) is 6.22. The molecule has 0 rings (SSSR count). The highest BCUT2D eigenvalue weighted by Gasteiger charge is 2.30. The molecule has 2 nitrogen and oxygen atoms in total. The molecule has 2 heteroatoms. The third-order valence-corrected chi connectivity index (χ3v) is 2.96. The first-order valence-electron chi connectivity index (χ1n) is 5.58. The van der Waals surface area contributed by atoms with E-state index in [0.717, 1.165) is 25.7 Å². The zero-order chi connectivity index (χ0) is 10.3. The number of rotatable bonds is 7. The van der Waals surface area contributed by atoms with E-state index < -0.39 is 5.60 Å². The van der Waals surface area contributed by atoms with Crippen LogP contribution in [0, 0.1) is 0 Å². The first-order valence-corrected chi connectivity index (χ1v) is 5.58. The summed E-state index contributed by atoms with van der Waals surface area (Å²) >= 11 is 0. The predicted octanol–water partition coefficient (Wildman–Crippen LogP) is 2.45. The van der Waals surface area contributed by atoms with Gasteiger partial charge in [0.15, 0.2) is 0 Å². The second kappa shape index (κ2) is 6.39. The van der Waals surface area contributed by atoms with Crippen molar-refractivity contribution in [2.45, 2.75) is 70.9 Å². The minimum absolute atomic E-state index is 0.0608. The van der Waals surface area contributed by atoms with Gasteiger partial charge in [-0.1, -0.05) is 40.0 Å². The summed E-state index contributed by atoms with van der Waals surface area (Å²) in [5.74, 6) is 0. The van der Waals surface area contributed by atoms with Crippen LogP contribution in [0.1, 0.15) is 59.3 Å². The van der Waals surface area contributed by atoms with E-state index in [9.17, 15) is 5.11 Å². The van der Waals surface area contributed by atoms with E-state index in [1.165, 1.54) is 12.8 Å². The van der Waals surface area contributed by atoms with Gasteiger partial charge in [-0.2, -0.15) is 0 Å². The number of hydrogen-bond acceptors (Lipinski definition) is 2. The summed E-state index contributed by atoms with van der Waals surface area (Å²) in [6.07, 6.45) is 5.96. The quantitative estimate of drug-likeness (QED) is 0.601. The lowest BCUT2D eigenvalue weighted by Crippen LogP contribution is -2.47. The Morgan fingerprint density at radius 3 is 2.23 bits per heavy atom. The number of hydrogen-bond donors (Lipinski definition) is 2. The molecule has 0 fully saturated rings. The van der Waals surface area contributed by atoms with Crippen LogP contribution in [0.3, 0.4) is 0 Å². The van der Waals surface area contributed by atoms with Crippen LogP contribution in [-0.2, 0) is 0 Å². The topological polar surface area (TPSA) is 46.2 Å². The van der Waals surface area contributed by atoms with Crippen molar-refractivity contribution < 1.29 is 5.11 Å². The summed E-state index contributed by atoms with van der Waals surface area (Å²) in [7, 11) is 0. The summed E-state index contributed by atoms with van der Waals surface area (Å²) in [6, 6.07) is -0.0608. The van der Waals surface area contributed by atoms with Crippen LogP contribution in [-0.4, -0.2) is 16.7 Å². The summed E-state index contributed by atoms with van der Waals surface area (Å²) < 4.78 is 0. The van der Waals surface area contributed by atoms with Gasteiger partial charge in [-0.15, -0.1) is 0 Å². The SMILES string of the molecule is CCCCCC(O)(CC)C(N)CC. The Kier molecular flexibility index (Phi) is 6.35. The molecule has 0 aromatic heterocycles. The maximum atomic E-state index is 10.2. The fourth-order valence-electron chi connectivity index (χ4n) is 1.69. The molecule has 0 heterocycles. The first-order chi connectivity index (χ1) is 6.10. The van der Waals surface area contributed by atoms with Crippen LogP contribution in [0.2, 0.25) is 0 Å². The molecule has 0 spiro atoms. The van der Waals surface area contributed by atoms with Crippen LogP contribution in [0.25, 0.3) is 0 Å². The number of nitrogens with two attached hydrogens (primary N) is 1. The van der Waals surface area contributed by atoms with E-state index in [1.54, 1.807) is 0 Å². The van der Waals surface area contributed by atoms with Crippen LogP contribution in [0.5, 0.6) is 0 Å². The molecule has 0 aliphatic heterocycles. The molecule has 0 aliphatic carbocycles. The van der Waals surface area contributed by atoms with Gasteiger partial charge in [0.2, 0.25) is 0 Å². The Balaban J connectivity index is 3.95. The van der Waals surface area contributed by atoms with E-state index in [1.807, 2.05) is 13.8 Å². The van der Waals surface area contributed by atoms with E-state index in [-0.39, 0.29) is 6.04 Å². The Morgan fingerprint density at radius 2 is 1.85 bits per heavy atom. The zero-order valence-corrected chi connectivity index (χ0v) is 9.34. The highest BCUT2D eigenvalue weighted by atomic mass is 16.3. The lowest BCUT2D eigenvalue weighted by Gasteiger charge is -2.32. The van der Waals surface area contributed by atoms with Crippen LogP contribution in [0.4, 0.5) is 0 Å². The third-order valence-electron chi connectivity index (χ3n) is 2.96. The van der Waals surface area contributed by atoms with Gasteiger partial charge in [0, 0.05) is 6.04 Å². The molecule has 2 atom stereocenters. The highest BCUT2D eigenvalue weighted by Crippen LogP contribution is 2.23. The molecule has 3 N–H and O–H groups in total. The average molecular weight is 187 g/mol. The van der Waals surface area contributed by atoms with Gasteiger partial charge in [0.05, 0.1) is 5.60 Å². The molecule has 0 aliphatic rings. The van der Waals surface area contributed by atoms with E-state index in [0.29, 0.717) is 0 Å². The summed E-state index contributed by atoms with van der Waals surface area (Å²) in [5, 5.41) is 10.2. The standard InChI is InChI=1S/C11H25NO/c1-4-7-8-9-11(13,6-3)10(12)5-2/h10,13H,4-9,12H2,1-3H3. The van der Waals surface area contributed by atoms with Crippen molar-refractivity contribution in [2.24, 2.45) is 5.73 Å². The Labute approximate surface area is 82.5 Å². The monoisotopic (exact) mass is 187 g/mol. The van der Waals surface area contributed by atoms with Crippen molar-refractivity contribution in [3.8, 4) is 0 Å². The molecule has 13 heavy (non-hydrogen) atoms. The normalized spacial score (nSPS) is 18.2. The largest absolute Gasteiger partial charge is 0.388 e. The summed E-state index contributed by atoms with van der Waals surface area (Å²) in [4.78, 5) is 0. The van der Waals surface area contributed by atoms with Gasteiger partial charge in [0.1, 0.15) is 0 Å². The van der Waals surface area contributed by atoms with Gasteiger partial charge >= 0.3 is 0 Å². The van der Waals surface area contributed by atoms with Crippen molar-refractivity contribution in [1.82, 2.24) is 0 Å². The van der Waals surface area contributed by atoms with E-state index >= 15 is 0 Å². The number of aliphatic hydroxyl groups is 1. The van der Waals surface area contributed by atoms with Crippen molar-refractivity contribution in [2.75, 3.05) is 0 Å². The predicted molar refractivity (Wildman–Crippen MR) is 57.6 cm³/mol. The minimum Gasteiger partial charge on any atom is -0.388 e. The molecular formula is C11H25NO. The fourth-order valence-corrected chi connectivity index (χ4v) is 1.69. The van der Waals surface area contributed by atoms with Gasteiger partial charge in [-0.05, 0) is 19.3 Å². The van der Waals surface area contributed by atoms with Gasteiger partial charge < -0.3 is 10.8 Å². The molecule has 0 amide bonds. The Hall–Kier alpha value is -0.0800. The highest BCUT2D eigenvalue weighted by molar-refractivity contribution is 4.87. The van der Waals surface area contributed by atoms with Crippen LogP contribution >= 0.6 is 0 Å². The van der Waals surface area contributed by atoms with Crippen molar-refractivity contribution in [1.29, 1.82) is 0 Å². The van der Waals surface area contributed by atoms with Crippen LogP contribution in [0.15, 0.2) is 0 Å². The maximum absolute atomic E-state index is 10.2. The number of unbranched alkanes of at least 4 members (excludes halogenated alkanes) is 2. The lowest BCUT2D eigenvalue weighted by atomic mass is 9.85. The Morgan fingerprint density at radius 1 is 1.23 bits per heavy atom. The van der Waals surface area contributed by atoms with E-state index in [2.05, 4.69) is 6.92 Å². The van der Waals surface area contributed by atoms with Crippen molar-refractivity contribution in [3.63, 3.8) is 0 Å². The zero-order valence-electron chi connectivity index (χ0n) is 9.34. The van der Waals surface area contributed by atoms with Crippen LogP contribution < -0.4 is 5.73 Å². The van der Waals surface area contributed by atoms with Gasteiger partial charge in [-0.25, -0.2) is 0 Å². The molecule has 0 bridgehead atoms. The molecule has 0 radical (unpaired) electrons. The molecule has 80 valence electrons. The Bertz CT molecular complexity index is 127. The molecule has 2 unspecified atom stereocenters. The lowest BCUT2D eigenvalue weighted by molar-refractivity contribution is -0.00123. The second-order valence-electron chi connectivity index (χ2n) is 3.93. The maximum Gasteiger partial charge on any atom is 0.0795 e. The van der Waals surface area contributed by atoms with Crippen molar-refractivity contribution in [3.05, 3.63) is 0 Å². The van der Waals surface area contributed by atoms with Crippen molar-refractivity contribution >= 4 is 0 Å². The van der Waals surface area contributed by atoms with Gasteiger partial charge in [0.25, 0.3) is 0 Å². The minimum atomic E-state index is -0.621. The molecule has 0 saturated carbocycles. The smallest absolute Gasteiger partial charge is 0.0795 e. The second-order valence-corrected chi connectivity index (χ2v) is 3.93. The third kappa shape index (κ3) is 4.10. The molecule has 0 aromatic carbocycles. The average Bonchev–Trinajstić information content (AvgIpc) is 2.16. The van der Waals surface area contributed by atoms with Gasteiger partial charge in [-0.3, -0.25) is 0 Å². The van der Waals surface area contributed by atoms with E-state index in [4.69, 9.17) is 5.73 Å².